The molecule has 0 amide bonds. The first-order valence-corrected chi connectivity index (χ1v) is 6.26. The van der Waals surface area contributed by atoms with Crippen molar-refractivity contribution in [2.75, 3.05) is 5.32 Å². The Labute approximate surface area is 97.5 Å². The number of rotatable bonds is 3. The zero-order valence-corrected chi connectivity index (χ0v) is 9.95. The second-order valence-electron chi connectivity index (χ2n) is 4.60. The van der Waals surface area contributed by atoms with E-state index >= 15 is 0 Å². The van der Waals surface area contributed by atoms with Crippen molar-refractivity contribution in [1.82, 2.24) is 4.98 Å². The maximum absolute atomic E-state index is 6.09. The summed E-state index contributed by atoms with van der Waals surface area (Å²) in [5.74, 6) is 0.958. The summed E-state index contributed by atoms with van der Waals surface area (Å²) < 4.78 is 0. The maximum Gasteiger partial charge on any atom is 0.126 e. The van der Waals surface area contributed by atoms with Crippen LogP contribution in [0.25, 0.3) is 0 Å². The Morgan fingerprint density at radius 3 is 2.81 bits per heavy atom. The predicted octanol–water partition coefficient (Wildman–Crippen LogP) is 2.33. The molecule has 3 N–H and O–H groups in total. The van der Waals surface area contributed by atoms with E-state index < -0.39 is 0 Å². The highest BCUT2D eigenvalue weighted by Gasteiger charge is 2.21. The van der Waals surface area contributed by atoms with E-state index in [1.54, 1.807) is 0 Å². The molecule has 88 valence electrons. The quantitative estimate of drug-likeness (QED) is 0.820. The van der Waals surface area contributed by atoms with Gasteiger partial charge in [-0.05, 0) is 30.9 Å². The third-order valence-electron chi connectivity index (χ3n) is 3.39. The normalized spacial score (nSPS) is 25.4. The number of pyridine rings is 1. The van der Waals surface area contributed by atoms with Gasteiger partial charge in [-0.25, -0.2) is 4.98 Å². The van der Waals surface area contributed by atoms with Crippen molar-refractivity contribution in [3.05, 3.63) is 23.9 Å². The van der Waals surface area contributed by atoms with Crippen LogP contribution in [0.1, 0.15) is 38.2 Å². The number of anilines is 1. The van der Waals surface area contributed by atoms with Gasteiger partial charge in [-0.3, -0.25) is 0 Å². The number of aromatic nitrogens is 1. The number of nitrogens with two attached hydrogens (primary N) is 1. The molecular formula is C13H21N3. The molecule has 2 atom stereocenters. The Balaban J connectivity index is 1.96. The van der Waals surface area contributed by atoms with Crippen LogP contribution in [0.15, 0.2) is 18.3 Å². The monoisotopic (exact) mass is 219 g/mol. The molecule has 0 radical (unpaired) electrons. The van der Waals surface area contributed by atoms with Crippen LogP contribution in [0.5, 0.6) is 0 Å². The summed E-state index contributed by atoms with van der Waals surface area (Å²) in [5, 5.41) is 3.45. The summed E-state index contributed by atoms with van der Waals surface area (Å²) in [7, 11) is 0. The van der Waals surface area contributed by atoms with Crippen molar-refractivity contribution >= 4 is 5.82 Å². The number of hydrogen-bond acceptors (Lipinski definition) is 3. The highest BCUT2D eigenvalue weighted by atomic mass is 15.0. The van der Waals surface area contributed by atoms with Crippen LogP contribution in [0, 0.1) is 0 Å². The van der Waals surface area contributed by atoms with Crippen LogP contribution in [-0.2, 0) is 6.42 Å². The van der Waals surface area contributed by atoms with Crippen LogP contribution in [0.3, 0.4) is 0 Å². The first-order valence-electron chi connectivity index (χ1n) is 6.26. The molecule has 3 nitrogen and oxygen atoms in total. The molecule has 1 fully saturated rings. The van der Waals surface area contributed by atoms with Crippen molar-refractivity contribution in [3.63, 3.8) is 0 Å². The molecule has 1 aromatic heterocycles. The van der Waals surface area contributed by atoms with Crippen molar-refractivity contribution < 1.29 is 0 Å². The van der Waals surface area contributed by atoms with E-state index in [4.69, 9.17) is 5.73 Å². The topological polar surface area (TPSA) is 50.9 Å². The lowest BCUT2D eigenvalue weighted by Crippen LogP contribution is -2.42. The minimum atomic E-state index is 0.279. The largest absolute Gasteiger partial charge is 0.366 e. The Morgan fingerprint density at radius 2 is 2.19 bits per heavy atom. The van der Waals surface area contributed by atoms with Crippen LogP contribution in [0.2, 0.25) is 0 Å². The minimum Gasteiger partial charge on any atom is -0.366 e. The Kier molecular flexibility index (Phi) is 3.78. The second-order valence-corrected chi connectivity index (χ2v) is 4.60. The van der Waals surface area contributed by atoms with E-state index in [2.05, 4.69) is 29.4 Å². The van der Waals surface area contributed by atoms with Crippen LogP contribution < -0.4 is 11.1 Å². The lowest BCUT2D eigenvalue weighted by molar-refractivity contribution is 0.403. The Bertz CT molecular complexity index is 320. The van der Waals surface area contributed by atoms with Gasteiger partial charge in [0.15, 0.2) is 0 Å². The molecule has 1 aromatic rings. The van der Waals surface area contributed by atoms with Gasteiger partial charge >= 0.3 is 0 Å². The molecule has 2 unspecified atom stereocenters. The number of nitrogens with one attached hydrogen (secondary N) is 1. The third kappa shape index (κ3) is 2.73. The summed E-state index contributed by atoms with van der Waals surface area (Å²) in [6.07, 6.45) is 7.82. The molecule has 0 saturated heterocycles. The second kappa shape index (κ2) is 5.30. The first kappa shape index (κ1) is 11.4. The molecule has 16 heavy (non-hydrogen) atoms. The standard InChI is InChI=1S/C13H21N3/c1-2-10-7-8-13(15-9-10)16-12-6-4-3-5-11(12)14/h7-9,11-12H,2-6,14H2,1H3,(H,15,16). The minimum absolute atomic E-state index is 0.279. The average molecular weight is 219 g/mol. The smallest absolute Gasteiger partial charge is 0.126 e. The summed E-state index contributed by atoms with van der Waals surface area (Å²) in [4.78, 5) is 4.41. The summed E-state index contributed by atoms with van der Waals surface area (Å²) in [6, 6.07) is 4.86. The molecule has 0 aromatic carbocycles. The predicted molar refractivity (Wildman–Crippen MR) is 67.5 cm³/mol. The molecule has 3 heteroatoms. The lowest BCUT2D eigenvalue weighted by Gasteiger charge is -2.29. The van der Waals surface area contributed by atoms with E-state index in [1.165, 1.54) is 24.8 Å². The Hall–Kier alpha value is -1.09. The fourth-order valence-corrected chi connectivity index (χ4v) is 2.25. The van der Waals surface area contributed by atoms with Crippen molar-refractivity contribution in [1.29, 1.82) is 0 Å². The number of aryl methyl sites for hydroxylation is 1. The van der Waals surface area contributed by atoms with Gasteiger partial charge in [0.05, 0.1) is 0 Å². The molecule has 1 aliphatic carbocycles. The van der Waals surface area contributed by atoms with E-state index in [0.29, 0.717) is 6.04 Å². The molecule has 2 rings (SSSR count). The van der Waals surface area contributed by atoms with Crippen LogP contribution in [-0.4, -0.2) is 17.1 Å². The number of nitrogens with zero attached hydrogens (tertiary/aromatic N) is 1. The SMILES string of the molecule is CCc1ccc(NC2CCCCC2N)nc1. The zero-order valence-electron chi connectivity index (χ0n) is 9.95. The van der Waals surface area contributed by atoms with Crippen molar-refractivity contribution in [2.24, 2.45) is 5.73 Å². The number of hydrogen-bond donors (Lipinski definition) is 2. The van der Waals surface area contributed by atoms with Gasteiger partial charge in [-0.2, -0.15) is 0 Å². The van der Waals surface area contributed by atoms with Gasteiger partial charge in [-0.1, -0.05) is 25.8 Å². The summed E-state index contributed by atoms with van der Waals surface area (Å²) >= 11 is 0. The van der Waals surface area contributed by atoms with Gasteiger partial charge in [-0.15, -0.1) is 0 Å². The Morgan fingerprint density at radius 1 is 1.38 bits per heavy atom. The van der Waals surface area contributed by atoms with E-state index in [9.17, 15) is 0 Å². The average Bonchev–Trinajstić information content (AvgIpc) is 2.33. The molecule has 0 aliphatic heterocycles. The lowest BCUT2D eigenvalue weighted by atomic mass is 9.91. The first-order chi connectivity index (χ1) is 7.79. The third-order valence-corrected chi connectivity index (χ3v) is 3.39. The van der Waals surface area contributed by atoms with E-state index in [0.717, 1.165) is 18.7 Å². The maximum atomic E-state index is 6.09. The summed E-state index contributed by atoms with van der Waals surface area (Å²) in [5.41, 5.74) is 7.37. The molecule has 0 bridgehead atoms. The highest BCUT2D eigenvalue weighted by Crippen LogP contribution is 2.20. The van der Waals surface area contributed by atoms with Gasteiger partial charge in [0.25, 0.3) is 0 Å². The molecule has 0 spiro atoms. The molecule has 1 heterocycles. The summed E-state index contributed by atoms with van der Waals surface area (Å²) in [6.45, 7) is 2.14. The van der Waals surface area contributed by atoms with Crippen molar-refractivity contribution in [3.8, 4) is 0 Å². The molecule has 1 saturated carbocycles. The van der Waals surface area contributed by atoms with Crippen LogP contribution >= 0.6 is 0 Å². The van der Waals surface area contributed by atoms with Crippen LogP contribution in [0.4, 0.5) is 5.82 Å². The van der Waals surface area contributed by atoms with Gasteiger partial charge < -0.3 is 11.1 Å². The van der Waals surface area contributed by atoms with Crippen molar-refractivity contribution in [2.45, 2.75) is 51.1 Å². The zero-order chi connectivity index (χ0) is 11.4. The van der Waals surface area contributed by atoms with Gasteiger partial charge in [0.1, 0.15) is 5.82 Å². The van der Waals surface area contributed by atoms with Gasteiger partial charge in [0, 0.05) is 18.3 Å². The van der Waals surface area contributed by atoms with E-state index in [-0.39, 0.29) is 6.04 Å². The molecule has 1 aliphatic rings. The molecular weight excluding hydrogens is 198 g/mol. The van der Waals surface area contributed by atoms with Gasteiger partial charge in [0.2, 0.25) is 0 Å². The highest BCUT2D eigenvalue weighted by molar-refractivity contribution is 5.37. The van der Waals surface area contributed by atoms with E-state index in [1.807, 2.05) is 6.20 Å². The fraction of sp³-hybridized carbons (Fsp3) is 0.615. The fourth-order valence-electron chi connectivity index (χ4n) is 2.25.